The van der Waals surface area contributed by atoms with Crippen LogP contribution in [0, 0.1) is 6.92 Å². The summed E-state index contributed by atoms with van der Waals surface area (Å²) in [6, 6.07) is 8.13. The normalized spacial score (nSPS) is 22.1. The van der Waals surface area contributed by atoms with Crippen molar-refractivity contribution in [2.24, 2.45) is 0 Å². The lowest BCUT2D eigenvalue weighted by Gasteiger charge is -2.29. The number of aryl methyl sites for hydroxylation is 2. The number of carbonyl (C=O) groups is 1. The van der Waals surface area contributed by atoms with E-state index in [-0.39, 0.29) is 0 Å². The van der Waals surface area contributed by atoms with Crippen LogP contribution in [0.15, 0.2) is 36.7 Å². The van der Waals surface area contributed by atoms with Crippen molar-refractivity contribution in [3.8, 4) is 0 Å². The van der Waals surface area contributed by atoms with Crippen LogP contribution in [0.4, 0.5) is 0 Å². The zero-order valence-electron chi connectivity index (χ0n) is 11.5. The molecule has 0 saturated heterocycles. The number of rotatable bonds is 2. The van der Waals surface area contributed by atoms with Crippen LogP contribution in [0.2, 0.25) is 0 Å². The lowest BCUT2D eigenvalue weighted by molar-refractivity contribution is -0.148. The molecule has 0 aliphatic heterocycles. The molecule has 0 bridgehead atoms. The van der Waals surface area contributed by atoms with Crippen LogP contribution < -0.4 is 0 Å². The van der Waals surface area contributed by atoms with Gasteiger partial charge in [0.15, 0.2) is 5.54 Å². The second-order valence-corrected chi connectivity index (χ2v) is 5.60. The van der Waals surface area contributed by atoms with E-state index in [4.69, 9.17) is 0 Å². The van der Waals surface area contributed by atoms with Crippen LogP contribution in [-0.4, -0.2) is 20.9 Å². The molecule has 0 saturated carbocycles. The molecule has 104 valence electrons. The zero-order chi connectivity index (χ0) is 14.2. The molecule has 3 rings (SSSR count). The average Bonchev–Trinajstić information content (AvgIpc) is 2.75. The number of hydrogen-bond acceptors (Lipinski definition) is 2. The van der Waals surface area contributed by atoms with Gasteiger partial charge in [0.1, 0.15) is 0 Å². The summed E-state index contributed by atoms with van der Waals surface area (Å²) in [6.45, 7) is 1.93. The van der Waals surface area contributed by atoms with Crippen molar-refractivity contribution in [2.75, 3.05) is 0 Å². The molecule has 1 atom stereocenters. The van der Waals surface area contributed by atoms with Crippen LogP contribution in [-0.2, 0) is 23.2 Å². The summed E-state index contributed by atoms with van der Waals surface area (Å²) in [7, 11) is 0. The molecule has 1 aromatic carbocycles. The molecule has 1 heterocycles. The Morgan fingerprint density at radius 2 is 2.10 bits per heavy atom. The Morgan fingerprint density at radius 3 is 2.75 bits per heavy atom. The molecule has 2 aromatic rings. The molecule has 0 fully saturated rings. The SMILES string of the molecule is Cc1cnn(C2(C(=O)O)CCCc3ccccc3C2)c1. The third-order valence-electron chi connectivity index (χ3n) is 4.19. The number of carboxylic acid groups (broad SMARTS) is 1. The summed E-state index contributed by atoms with van der Waals surface area (Å²) in [5.74, 6) is -0.794. The van der Waals surface area contributed by atoms with Crippen molar-refractivity contribution in [3.05, 3.63) is 53.3 Å². The molecule has 1 unspecified atom stereocenters. The minimum Gasteiger partial charge on any atom is -0.479 e. The molecule has 1 aliphatic rings. The molecular weight excluding hydrogens is 252 g/mol. The van der Waals surface area contributed by atoms with E-state index >= 15 is 0 Å². The van der Waals surface area contributed by atoms with Crippen LogP contribution >= 0.6 is 0 Å². The Balaban J connectivity index is 2.10. The summed E-state index contributed by atoms with van der Waals surface area (Å²) < 4.78 is 1.65. The first-order valence-corrected chi connectivity index (χ1v) is 6.94. The molecule has 1 aromatic heterocycles. The number of carboxylic acids is 1. The molecule has 0 radical (unpaired) electrons. The van der Waals surface area contributed by atoms with Gasteiger partial charge in [-0.05, 0) is 42.9 Å². The van der Waals surface area contributed by atoms with Crippen molar-refractivity contribution in [2.45, 2.75) is 38.1 Å². The second kappa shape index (κ2) is 4.78. The number of aliphatic carboxylic acids is 1. The number of aromatic nitrogens is 2. The maximum absolute atomic E-state index is 12.0. The first-order chi connectivity index (χ1) is 9.62. The molecule has 1 aliphatic carbocycles. The first-order valence-electron chi connectivity index (χ1n) is 6.94. The van der Waals surface area contributed by atoms with E-state index in [2.05, 4.69) is 11.2 Å². The molecular formula is C16H18N2O2. The van der Waals surface area contributed by atoms with E-state index in [9.17, 15) is 9.90 Å². The summed E-state index contributed by atoms with van der Waals surface area (Å²) >= 11 is 0. The van der Waals surface area contributed by atoms with Crippen molar-refractivity contribution in [1.82, 2.24) is 9.78 Å². The number of fused-ring (bicyclic) bond motifs is 1. The predicted octanol–water partition coefficient (Wildman–Crippen LogP) is 2.55. The van der Waals surface area contributed by atoms with Crippen LogP contribution in [0.1, 0.15) is 29.5 Å². The largest absolute Gasteiger partial charge is 0.479 e. The third kappa shape index (κ3) is 2.01. The topological polar surface area (TPSA) is 55.1 Å². The minimum atomic E-state index is -0.957. The lowest BCUT2D eigenvalue weighted by atomic mass is 9.88. The van der Waals surface area contributed by atoms with E-state index < -0.39 is 11.5 Å². The van der Waals surface area contributed by atoms with Crippen LogP contribution in [0.5, 0.6) is 0 Å². The van der Waals surface area contributed by atoms with Gasteiger partial charge in [-0.2, -0.15) is 5.10 Å². The molecule has 0 spiro atoms. The van der Waals surface area contributed by atoms with E-state index in [1.54, 1.807) is 10.9 Å². The quantitative estimate of drug-likeness (QED) is 0.853. The molecule has 4 nitrogen and oxygen atoms in total. The maximum Gasteiger partial charge on any atom is 0.331 e. The lowest BCUT2D eigenvalue weighted by Crippen LogP contribution is -2.44. The zero-order valence-corrected chi connectivity index (χ0v) is 11.5. The van der Waals surface area contributed by atoms with Gasteiger partial charge in [0.2, 0.25) is 0 Å². The van der Waals surface area contributed by atoms with Gasteiger partial charge in [-0.15, -0.1) is 0 Å². The van der Waals surface area contributed by atoms with E-state index in [0.29, 0.717) is 12.8 Å². The fourth-order valence-electron chi connectivity index (χ4n) is 3.07. The van der Waals surface area contributed by atoms with Crippen molar-refractivity contribution in [1.29, 1.82) is 0 Å². The highest BCUT2D eigenvalue weighted by atomic mass is 16.4. The number of hydrogen-bond donors (Lipinski definition) is 1. The standard InChI is InChI=1S/C16H18N2O2/c1-12-10-17-18(11-12)16(15(19)20)8-4-7-13-5-2-3-6-14(13)9-16/h2-3,5-6,10-11H,4,7-9H2,1H3,(H,19,20). The van der Waals surface area contributed by atoms with Gasteiger partial charge in [0.25, 0.3) is 0 Å². The van der Waals surface area contributed by atoms with Gasteiger partial charge in [-0.25, -0.2) is 4.79 Å². The van der Waals surface area contributed by atoms with Gasteiger partial charge in [0, 0.05) is 12.6 Å². The molecule has 1 N–H and O–H groups in total. The highest BCUT2D eigenvalue weighted by molar-refractivity contribution is 5.77. The van der Waals surface area contributed by atoms with E-state index in [1.165, 1.54) is 5.56 Å². The molecule has 0 amide bonds. The van der Waals surface area contributed by atoms with E-state index in [0.717, 1.165) is 24.0 Å². The predicted molar refractivity (Wildman–Crippen MR) is 75.7 cm³/mol. The summed E-state index contributed by atoms with van der Waals surface area (Å²) in [5.41, 5.74) is 2.42. The maximum atomic E-state index is 12.0. The smallest absolute Gasteiger partial charge is 0.331 e. The Labute approximate surface area is 118 Å². The van der Waals surface area contributed by atoms with Crippen molar-refractivity contribution in [3.63, 3.8) is 0 Å². The fourth-order valence-corrected chi connectivity index (χ4v) is 3.07. The highest BCUT2D eigenvalue weighted by Crippen LogP contribution is 2.33. The van der Waals surface area contributed by atoms with Gasteiger partial charge in [0.05, 0.1) is 6.20 Å². The second-order valence-electron chi connectivity index (χ2n) is 5.60. The minimum absolute atomic E-state index is 0.500. The average molecular weight is 270 g/mol. The molecule has 20 heavy (non-hydrogen) atoms. The number of nitrogens with zero attached hydrogens (tertiary/aromatic N) is 2. The molecule has 4 heteroatoms. The highest BCUT2D eigenvalue weighted by Gasteiger charge is 2.42. The summed E-state index contributed by atoms with van der Waals surface area (Å²) in [4.78, 5) is 12.0. The monoisotopic (exact) mass is 270 g/mol. The van der Waals surface area contributed by atoms with Crippen molar-refractivity contribution < 1.29 is 9.90 Å². The van der Waals surface area contributed by atoms with Gasteiger partial charge >= 0.3 is 5.97 Å². The van der Waals surface area contributed by atoms with E-state index in [1.807, 2.05) is 31.3 Å². The van der Waals surface area contributed by atoms with Crippen LogP contribution in [0.3, 0.4) is 0 Å². The summed E-state index contributed by atoms with van der Waals surface area (Å²) in [5, 5.41) is 14.1. The Kier molecular flexibility index (Phi) is 3.08. The Morgan fingerprint density at radius 1 is 1.35 bits per heavy atom. The van der Waals surface area contributed by atoms with Gasteiger partial charge in [-0.3, -0.25) is 4.68 Å². The van der Waals surface area contributed by atoms with Crippen molar-refractivity contribution >= 4 is 5.97 Å². The number of benzene rings is 1. The first kappa shape index (κ1) is 12.9. The van der Waals surface area contributed by atoms with Gasteiger partial charge in [-0.1, -0.05) is 24.3 Å². The van der Waals surface area contributed by atoms with Gasteiger partial charge < -0.3 is 5.11 Å². The Bertz CT molecular complexity index is 647. The van der Waals surface area contributed by atoms with Crippen LogP contribution in [0.25, 0.3) is 0 Å². The fraction of sp³-hybridized carbons (Fsp3) is 0.375. The third-order valence-corrected chi connectivity index (χ3v) is 4.19. The Hall–Kier alpha value is -2.10. The summed E-state index contributed by atoms with van der Waals surface area (Å²) in [6.07, 6.45) is 6.47.